The minimum atomic E-state index is -0.578. The van der Waals surface area contributed by atoms with E-state index in [0.717, 1.165) is 12.8 Å². The van der Waals surface area contributed by atoms with E-state index in [2.05, 4.69) is 0 Å². The zero-order valence-corrected chi connectivity index (χ0v) is 8.41. The number of hydrogen-bond donors (Lipinski definition) is 0. The Balaban J connectivity index is 2.14. The Morgan fingerprint density at radius 3 is 2.93 bits per heavy atom. The van der Waals surface area contributed by atoms with Crippen LogP contribution in [0.25, 0.3) is 0 Å². The van der Waals surface area contributed by atoms with Gasteiger partial charge in [-0.05, 0) is 19.8 Å². The molecule has 0 aromatic carbocycles. The summed E-state index contributed by atoms with van der Waals surface area (Å²) < 4.78 is 10.4. The highest BCUT2D eigenvalue weighted by molar-refractivity contribution is 5.76. The van der Waals surface area contributed by atoms with Gasteiger partial charge in [-0.3, -0.25) is 9.59 Å². The fourth-order valence-electron chi connectivity index (χ4n) is 2.39. The Labute approximate surface area is 82.6 Å². The molecular weight excluding hydrogens is 184 g/mol. The molecule has 4 heteroatoms. The van der Waals surface area contributed by atoms with Gasteiger partial charge in [-0.2, -0.15) is 0 Å². The summed E-state index contributed by atoms with van der Waals surface area (Å²) >= 11 is 0. The van der Waals surface area contributed by atoms with Gasteiger partial charge < -0.3 is 9.47 Å². The maximum absolute atomic E-state index is 11.3. The van der Waals surface area contributed by atoms with Crippen molar-refractivity contribution in [2.75, 3.05) is 0 Å². The predicted molar refractivity (Wildman–Crippen MR) is 47.4 cm³/mol. The third kappa shape index (κ3) is 1.38. The number of hydrogen-bond acceptors (Lipinski definition) is 4. The molecule has 3 unspecified atom stereocenters. The van der Waals surface area contributed by atoms with Gasteiger partial charge in [-0.1, -0.05) is 0 Å². The van der Waals surface area contributed by atoms with Crippen LogP contribution in [0.15, 0.2) is 0 Å². The van der Waals surface area contributed by atoms with Crippen LogP contribution in [0.5, 0.6) is 0 Å². The lowest BCUT2D eigenvalue weighted by Gasteiger charge is -2.34. The van der Waals surface area contributed by atoms with Gasteiger partial charge in [-0.15, -0.1) is 0 Å². The SMILES string of the molecule is CC(=O)OC1CCC2CC1(C)OC2=O. The second-order valence-corrected chi connectivity index (χ2v) is 4.31. The molecule has 2 rings (SSSR count). The third-order valence-corrected chi connectivity index (χ3v) is 3.09. The molecule has 1 saturated heterocycles. The summed E-state index contributed by atoms with van der Waals surface area (Å²) in [5, 5.41) is 0. The summed E-state index contributed by atoms with van der Waals surface area (Å²) in [7, 11) is 0. The summed E-state index contributed by atoms with van der Waals surface area (Å²) in [5.74, 6) is -0.424. The van der Waals surface area contributed by atoms with Gasteiger partial charge in [-0.25, -0.2) is 0 Å². The van der Waals surface area contributed by atoms with E-state index >= 15 is 0 Å². The molecule has 0 aromatic heterocycles. The van der Waals surface area contributed by atoms with Crippen LogP contribution in [0.4, 0.5) is 0 Å². The number of fused-ring (bicyclic) bond motifs is 2. The molecule has 1 aliphatic heterocycles. The molecule has 1 heterocycles. The molecule has 14 heavy (non-hydrogen) atoms. The molecule has 78 valence electrons. The Hall–Kier alpha value is -1.06. The molecule has 4 nitrogen and oxygen atoms in total. The second-order valence-electron chi connectivity index (χ2n) is 4.31. The Bertz CT molecular complexity index is 286. The molecule has 2 aliphatic rings. The van der Waals surface area contributed by atoms with Crippen LogP contribution < -0.4 is 0 Å². The van der Waals surface area contributed by atoms with Crippen molar-refractivity contribution in [1.82, 2.24) is 0 Å². The second kappa shape index (κ2) is 2.97. The average molecular weight is 198 g/mol. The van der Waals surface area contributed by atoms with E-state index in [0.29, 0.717) is 6.42 Å². The lowest BCUT2D eigenvalue weighted by atomic mass is 9.80. The largest absolute Gasteiger partial charge is 0.458 e. The van der Waals surface area contributed by atoms with Crippen molar-refractivity contribution < 1.29 is 19.1 Å². The van der Waals surface area contributed by atoms with Crippen molar-refractivity contribution in [3.63, 3.8) is 0 Å². The first-order chi connectivity index (χ1) is 6.51. The lowest BCUT2D eigenvalue weighted by molar-refractivity contribution is -0.171. The highest BCUT2D eigenvalue weighted by Gasteiger charge is 2.53. The molecule has 0 N–H and O–H groups in total. The summed E-state index contributed by atoms with van der Waals surface area (Å²) in [5.41, 5.74) is -0.578. The quantitative estimate of drug-likeness (QED) is 0.590. The zero-order chi connectivity index (χ0) is 10.3. The first-order valence-corrected chi connectivity index (χ1v) is 4.91. The predicted octanol–water partition coefficient (Wildman–Crippen LogP) is 1.03. The average Bonchev–Trinajstić information content (AvgIpc) is 2.30. The fourth-order valence-corrected chi connectivity index (χ4v) is 2.39. The van der Waals surface area contributed by atoms with E-state index in [1.165, 1.54) is 6.92 Å². The van der Waals surface area contributed by atoms with Crippen molar-refractivity contribution in [2.45, 2.75) is 44.8 Å². The monoisotopic (exact) mass is 198 g/mol. The Morgan fingerprint density at radius 1 is 1.57 bits per heavy atom. The number of carbonyl (C=O) groups is 2. The molecule has 0 amide bonds. The molecule has 0 aromatic rings. The lowest BCUT2D eigenvalue weighted by Crippen LogP contribution is -2.43. The first kappa shape index (κ1) is 9.49. The summed E-state index contributed by atoms with van der Waals surface area (Å²) in [4.78, 5) is 22.2. The van der Waals surface area contributed by atoms with E-state index in [1.807, 2.05) is 6.92 Å². The third-order valence-electron chi connectivity index (χ3n) is 3.09. The van der Waals surface area contributed by atoms with Crippen LogP contribution in [0.1, 0.15) is 33.1 Å². The number of esters is 2. The molecule has 0 radical (unpaired) electrons. The zero-order valence-electron chi connectivity index (χ0n) is 8.41. The minimum absolute atomic E-state index is 0.0202. The maximum atomic E-state index is 11.3. The fraction of sp³-hybridized carbons (Fsp3) is 0.800. The van der Waals surface area contributed by atoms with E-state index in [9.17, 15) is 9.59 Å². The van der Waals surface area contributed by atoms with Crippen molar-refractivity contribution in [3.8, 4) is 0 Å². The molecule has 2 fully saturated rings. The van der Waals surface area contributed by atoms with E-state index in [4.69, 9.17) is 9.47 Å². The number of ether oxygens (including phenoxy) is 2. The molecule has 1 saturated carbocycles. The van der Waals surface area contributed by atoms with Crippen LogP contribution in [0.2, 0.25) is 0 Å². The minimum Gasteiger partial charge on any atom is -0.458 e. The van der Waals surface area contributed by atoms with Crippen LogP contribution in [0, 0.1) is 5.92 Å². The Kier molecular flexibility index (Phi) is 2.01. The highest BCUT2D eigenvalue weighted by atomic mass is 16.6. The molecular formula is C10H14O4. The van der Waals surface area contributed by atoms with Crippen molar-refractivity contribution in [2.24, 2.45) is 5.92 Å². The smallest absolute Gasteiger partial charge is 0.309 e. The topological polar surface area (TPSA) is 52.6 Å². The van der Waals surface area contributed by atoms with Crippen LogP contribution in [-0.2, 0) is 19.1 Å². The highest BCUT2D eigenvalue weighted by Crippen LogP contribution is 2.43. The first-order valence-electron chi connectivity index (χ1n) is 4.91. The Morgan fingerprint density at radius 2 is 2.29 bits per heavy atom. The summed E-state index contributed by atoms with van der Waals surface area (Å²) in [6, 6.07) is 0. The standard InChI is InChI=1S/C10H14O4/c1-6(11)13-8-4-3-7-5-10(8,2)14-9(7)12/h7-8H,3-5H2,1-2H3. The van der Waals surface area contributed by atoms with Crippen molar-refractivity contribution >= 4 is 11.9 Å². The van der Waals surface area contributed by atoms with Crippen molar-refractivity contribution in [3.05, 3.63) is 0 Å². The van der Waals surface area contributed by atoms with Gasteiger partial charge in [0.05, 0.1) is 5.92 Å². The van der Waals surface area contributed by atoms with Crippen LogP contribution in [-0.4, -0.2) is 23.6 Å². The normalized spacial score (nSPS) is 40.6. The summed E-state index contributed by atoms with van der Waals surface area (Å²) in [6.07, 6.45) is 1.92. The van der Waals surface area contributed by atoms with Crippen LogP contribution >= 0.6 is 0 Å². The van der Waals surface area contributed by atoms with Gasteiger partial charge >= 0.3 is 11.9 Å². The maximum Gasteiger partial charge on any atom is 0.309 e. The van der Waals surface area contributed by atoms with E-state index in [-0.39, 0.29) is 24.0 Å². The van der Waals surface area contributed by atoms with Gasteiger partial charge in [0.25, 0.3) is 0 Å². The number of rotatable bonds is 1. The molecule has 1 aliphatic carbocycles. The van der Waals surface area contributed by atoms with Gasteiger partial charge in [0.15, 0.2) is 0 Å². The summed E-state index contributed by atoms with van der Waals surface area (Å²) in [6.45, 7) is 3.23. The van der Waals surface area contributed by atoms with E-state index < -0.39 is 5.60 Å². The van der Waals surface area contributed by atoms with Gasteiger partial charge in [0.2, 0.25) is 0 Å². The molecule has 0 spiro atoms. The van der Waals surface area contributed by atoms with Crippen LogP contribution in [0.3, 0.4) is 0 Å². The molecule has 2 bridgehead atoms. The molecule has 3 atom stereocenters. The van der Waals surface area contributed by atoms with E-state index in [1.54, 1.807) is 0 Å². The van der Waals surface area contributed by atoms with Crippen molar-refractivity contribution in [1.29, 1.82) is 0 Å². The van der Waals surface area contributed by atoms with Gasteiger partial charge in [0, 0.05) is 13.3 Å². The number of carbonyl (C=O) groups excluding carboxylic acids is 2. The van der Waals surface area contributed by atoms with Gasteiger partial charge in [0.1, 0.15) is 11.7 Å².